The van der Waals surface area contributed by atoms with Gasteiger partial charge in [0.05, 0.1) is 12.5 Å². The van der Waals surface area contributed by atoms with Crippen molar-refractivity contribution >= 4 is 18.0 Å². The number of nitrogens with one attached hydrogen (secondary N) is 1. The topological polar surface area (TPSA) is 192 Å². The lowest BCUT2D eigenvalue weighted by Gasteiger charge is -2.24. The Morgan fingerprint density at radius 3 is 2.61 bits per heavy atom. The second-order valence-electron chi connectivity index (χ2n) is 7.26. The summed E-state index contributed by atoms with van der Waals surface area (Å²) in [4.78, 5) is 40.3. The van der Waals surface area contributed by atoms with Gasteiger partial charge in [-0.1, -0.05) is 17.3 Å². The molecule has 0 aliphatic carbocycles. The van der Waals surface area contributed by atoms with E-state index in [4.69, 9.17) is 20.5 Å². The number of aromatic hydroxyl groups is 1. The summed E-state index contributed by atoms with van der Waals surface area (Å²) in [5.74, 6) is -2.20. The number of carboxylic acids is 2. The van der Waals surface area contributed by atoms with E-state index in [9.17, 15) is 19.5 Å². The number of likely N-dealkylation sites (tertiary alicyclic amines) is 1. The number of carbonyl (C=O) groups is 3. The Hall–Kier alpha value is -3.67. The molecule has 1 aliphatic rings. The van der Waals surface area contributed by atoms with Gasteiger partial charge in [-0.15, -0.1) is 0 Å². The third kappa shape index (κ3) is 5.48. The third-order valence-electron chi connectivity index (χ3n) is 4.95. The number of carboxylic acid groups (broad SMARTS) is 2. The van der Waals surface area contributed by atoms with Crippen molar-refractivity contribution in [1.82, 2.24) is 20.4 Å². The van der Waals surface area contributed by atoms with Gasteiger partial charge in [0, 0.05) is 6.54 Å². The van der Waals surface area contributed by atoms with E-state index in [1.54, 1.807) is 24.3 Å². The van der Waals surface area contributed by atoms with Crippen LogP contribution in [0.25, 0.3) is 0 Å². The molecule has 3 atom stereocenters. The van der Waals surface area contributed by atoms with Crippen LogP contribution in [-0.2, 0) is 16.0 Å². The van der Waals surface area contributed by atoms with Crippen LogP contribution in [0.15, 0.2) is 28.8 Å². The summed E-state index contributed by atoms with van der Waals surface area (Å²) in [5.41, 5.74) is 7.03. The highest BCUT2D eigenvalue weighted by atomic mass is 16.5. The number of amides is 2. The van der Waals surface area contributed by atoms with E-state index in [-0.39, 0.29) is 17.5 Å². The van der Waals surface area contributed by atoms with Gasteiger partial charge in [-0.25, -0.2) is 9.59 Å². The van der Waals surface area contributed by atoms with Crippen LogP contribution in [0, 0.1) is 0 Å². The highest BCUT2D eigenvalue weighted by molar-refractivity contribution is 5.86. The van der Waals surface area contributed by atoms with Gasteiger partial charge in [-0.3, -0.25) is 4.79 Å². The number of hydrogen-bond acceptors (Lipinski definition) is 8. The Labute approximate surface area is 176 Å². The highest BCUT2D eigenvalue weighted by Crippen LogP contribution is 2.31. The minimum atomic E-state index is -1.55. The van der Waals surface area contributed by atoms with Crippen LogP contribution in [0.3, 0.4) is 0 Å². The van der Waals surface area contributed by atoms with Crippen LogP contribution >= 0.6 is 0 Å². The maximum Gasteiger partial charge on any atom is 0.326 e. The lowest BCUT2D eigenvalue weighted by Crippen LogP contribution is -2.48. The fourth-order valence-corrected chi connectivity index (χ4v) is 3.38. The predicted octanol–water partition coefficient (Wildman–Crippen LogP) is 0.792. The molecular weight excluding hydrogens is 410 g/mol. The molecule has 1 aromatic carbocycles. The minimum absolute atomic E-state index is 0.146. The van der Waals surface area contributed by atoms with Crippen LogP contribution in [0.4, 0.5) is 4.79 Å². The number of nitrogens with zero attached hydrogens (tertiary/aromatic N) is 3. The fourth-order valence-electron chi connectivity index (χ4n) is 3.38. The van der Waals surface area contributed by atoms with E-state index >= 15 is 0 Å². The standard InChI is InChI=1S/C19H23N5O7/c20-12(8-10-3-5-11(25)6-4-10)16-22-17(31-23-16)14-2-1-7-24(14)19(30)21-13(18(28)29)9-15(26)27/h3-6,12-14,25H,1-2,7-9,20H2,(H,21,30)(H,26,27)(H,28,29)/t12?,13?,14-/m0/s1. The Morgan fingerprint density at radius 1 is 1.26 bits per heavy atom. The van der Waals surface area contributed by atoms with E-state index < -0.39 is 42.5 Å². The molecule has 2 heterocycles. The monoisotopic (exact) mass is 433 g/mol. The van der Waals surface area contributed by atoms with Gasteiger partial charge >= 0.3 is 18.0 Å². The summed E-state index contributed by atoms with van der Waals surface area (Å²) in [5, 5.41) is 33.5. The van der Waals surface area contributed by atoms with Crippen LogP contribution in [0.2, 0.25) is 0 Å². The quantitative estimate of drug-likeness (QED) is 0.397. The lowest BCUT2D eigenvalue weighted by atomic mass is 10.1. The maximum absolute atomic E-state index is 12.6. The number of phenolic OH excluding ortho intramolecular Hbond substituents is 1. The van der Waals surface area contributed by atoms with Crippen molar-refractivity contribution in [3.8, 4) is 5.75 Å². The number of hydrogen-bond donors (Lipinski definition) is 5. The maximum atomic E-state index is 12.6. The molecule has 1 fully saturated rings. The summed E-state index contributed by atoms with van der Waals surface area (Å²) in [6.45, 7) is 0.327. The van der Waals surface area contributed by atoms with Gasteiger partial charge in [0.15, 0.2) is 5.82 Å². The molecule has 3 rings (SSSR count). The van der Waals surface area contributed by atoms with Crippen molar-refractivity contribution in [2.75, 3.05) is 6.54 Å². The normalized spacial score (nSPS) is 17.8. The largest absolute Gasteiger partial charge is 0.508 e. The summed E-state index contributed by atoms with van der Waals surface area (Å²) in [6.07, 6.45) is 0.824. The molecule has 0 bridgehead atoms. The van der Waals surface area contributed by atoms with Gasteiger partial charge in [0.1, 0.15) is 17.8 Å². The Kier molecular flexibility index (Phi) is 6.70. The van der Waals surface area contributed by atoms with Crippen molar-refractivity contribution < 1.29 is 34.2 Å². The first kappa shape index (κ1) is 22.0. The van der Waals surface area contributed by atoms with Gasteiger partial charge in [0.2, 0.25) is 5.89 Å². The Balaban J connectivity index is 1.67. The van der Waals surface area contributed by atoms with Crippen molar-refractivity contribution in [2.24, 2.45) is 5.73 Å². The first-order valence-corrected chi connectivity index (χ1v) is 9.63. The predicted molar refractivity (Wildman–Crippen MR) is 104 cm³/mol. The number of urea groups is 1. The average Bonchev–Trinajstić information content (AvgIpc) is 3.38. The molecule has 0 spiro atoms. The lowest BCUT2D eigenvalue weighted by molar-refractivity contribution is -0.145. The number of aromatic nitrogens is 2. The zero-order valence-electron chi connectivity index (χ0n) is 16.5. The Bertz CT molecular complexity index is 945. The molecule has 0 saturated carbocycles. The van der Waals surface area contributed by atoms with E-state index in [1.807, 2.05) is 0 Å². The zero-order valence-corrected chi connectivity index (χ0v) is 16.5. The molecule has 1 aliphatic heterocycles. The zero-order chi connectivity index (χ0) is 22.5. The number of phenols is 1. The van der Waals surface area contributed by atoms with Gasteiger partial charge in [-0.2, -0.15) is 4.98 Å². The molecule has 31 heavy (non-hydrogen) atoms. The number of aliphatic carboxylic acids is 2. The van der Waals surface area contributed by atoms with Crippen LogP contribution < -0.4 is 11.1 Å². The molecule has 1 saturated heterocycles. The van der Waals surface area contributed by atoms with E-state index in [0.717, 1.165) is 5.56 Å². The molecule has 2 amide bonds. The molecule has 2 unspecified atom stereocenters. The van der Waals surface area contributed by atoms with Crippen molar-refractivity contribution in [3.63, 3.8) is 0 Å². The number of carbonyl (C=O) groups excluding carboxylic acids is 1. The highest BCUT2D eigenvalue weighted by Gasteiger charge is 2.36. The first-order valence-electron chi connectivity index (χ1n) is 9.63. The summed E-state index contributed by atoms with van der Waals surface area (Å²) in [6, 6.07) is 3.15. The second kappa shape index (κ2) is 9.43. The summed E-state index contributed by atoms with van der Waals surface area (Å²) >= 11 is 0. The van der Waals surface area contributed by atoms with E-state index in [2.05, 4.69) is 15.5 Å². The SMILES string of the molecule is NC(Cc1ccc(O)cc1)c1noc([C@@H]2CCCN2C(=O)NC(CC(=O)O)C(=O)O)n1. The van der Waals surface area contributed by atoms with Gasteiger partial charge < -0.3 is 35.8 Å². The fraction of sp³-hybridized carbons (Fsp3) is 0.421. The van der Waals surface area contributed by atoms with Crippen molar-refractivity contribution in [2.45, 2.75) is 43.8 Å². The summed E-state index contributed by atoms with van der Waals surface area (Å²) < 4.78 is 5.31. The van der Waals surface area contributed by atoms with Crippen molar-refractivity contribution in [3.05, 3.63) is 41.5 Å². The molecule has 0 radical (unpaired) electrons. The Morgan fingerprint density at radius 2 is 1.97 bits per heavy atom. The first-order chi connectivity index (χ1) is 14.7. The molecule has 1 aromatic heterocycles. The molecule has 166 valence electrons. The van der Waals surface area contributed by atoms with Gasteiger partial charge in [-0.05, 0) is 37.0 Å². The van der Waals surface area contributed by atoms with Gasteiger partial charge in [0.25, 0.3) is 0 Å². The molecular formula is C19H23N5O7. The molecule has 12 nitrogen and oxygen atoms in total. The van der Waals surface area contributed by atoms with Crippen LogP contribution in [-0.4, -0.2) is 60.9 Å². The summed E-state index contributed by atoms with van der Waals surface area (Å²) in [7, 11) is 0. The smallest absolute Gasteiger partial charge is 0.326 e. The second-order valence-corrected chi connectivity index (χ2v) is 7.26. The molecule has 2 aromatic rings. The minimum Gasteiger partial charge on any atom is -0.508 e. The third-order valence-corrected chi connectivity index (χ3v) is 4.95. The average molecular weight is 433 g/mol. The molecule has 12 heteroatoms. The van der Waals surface area contributed by atoms with E-state index in [1.165, 1.54) is 4.90 Å². The van der Waals surface area contributed by atoms with Crippen LogP contribution in [0.5, 0.6) is 5.75 Å². The van der Waals surface area contributed by atoms with E-state index in [0.29, 0.717) is 25.8 Å². The number of nitrogens with two attached hydrogens (primary N) is 1. The van der Waals surface area contributed by atoms with Crippen molar-refractivity contribution in [1.29, 1.82) is 0 Å². The van der Waals surface area contributed by atoms with Crippen LogP contribution in [0.1, 0.15) is 48.6 Å². The number of benzene rings is 1. The molecule has 6 N–H and O–H groups in total. The number of rotatable bonds is 8.